The summed E-state index contributed by atoms with van der Waals surface area (Å²) in [6.45, 7) is 0. The van der Waals surface area contributed by atoms with Crippen molar-refractivity contribution < 1.29 is 8.83 Å². The average Bonchev–Trinajstić information content (AvgIpc) is 2.88. The van der Waals surface area contributed by atoms with Crippen molar-refractivity contribution in [3.8, 4) is 0 Å². The van der Waals surface area contributed by atoms with Gasteiger partial charge in [-0.25, -0.2) is 4.98 Å². The van der Waals surface area contributed by atoms with Gasteiger partial charge in [-0.05, 0) is 11.4 Å². The monoisotopic (exact) mass is 220 g/mol. The van der Waals surface area contributed by atoms with Crippen molar-refractivity contribution in [2.24, 2.45) is 0 Å². The molecule has 0 fully saturated rings. The number of fused-ring (bicyclic) bond motifs is 1. The Bertz CT molecular complexity index is 580. The molecule has 15 heavy (non-hydrogen) atoms. The molecule has 5 heteroatoms. The summed E-state index contributed by atoms with van der Waals surface area (Å²) >= 11 is 1.68. The molecule has 0 unspecified atom stereocenters. The minimum Gasteiger partial charge on any atom is -0.443 e. The quantitative estimate of drug-likeness (QED) is 0.721. The SMILES string of the molecule is Nc1occ2nc(Cc3cccs3)oc12. The maximum Gasteiger partial charge on any atom is 0.235 e. The van der Waals surface area contributed by atoms with Gasteiger partial charge in [-0.2, -0.15) is 0 Å². The molecule has 3 aromatic heterocycles. The largest absolute Gasteiger partial charge is 0.443 e. The van der Waals surface area contributed by atoms with Crippen molar-refractivity contribution in [3.63, 3.8) is 0 Å². The molecular weight excluding hydrogens is 212 g/mol. The molecule has 0 saturated carbocycles. The van der Waals surface area contributed by atoms with E-state index in [0.717, 1.165) is 0 Å². The smallest absolute Gasteiger partial charge is 0.235 e. The number of hydrogen-bond acceptors (Lipinski definition) is 5. The Balaban J connectivity index is 1.98. The van der Waals surface area contributed by atoms with E-state index in [-0.39, 0.29) is 5.88 Å². The molecule has 4 nitrogen and oxygen atoms in total. The summed E-state index contributed by atoms with van der Waals surface area (Å²) in [4.78, 5) is 5.49. The van der Waals surface area contributed by atoms with Gasteiger partial charge in [0.15, 0.2) is 5.52 Å². The van der Waals surface area contributed by atoms with Crippen LogP contribution in [0.2, 0.25) is 0 Å². The van der Waals surface area contributed by atoms with Crippen LogP contribution < -0.4 is 5.73 Å². The Morgan fingerprint density at radius 3 is 3.13 bits per heavy atom. The van der Waals surface area contributed by atoms with E-state index in [1.807, 2.05) is 17.5 Å². The van der Waals surface area contributed by atoms with E-state index in [9.17, 15) is 0 Å². The minimum atomic E-state index is 0.287. The highest BCUT2D eigenvalue weighted by Gasteiger charge is 2.12. The molecule has 3 aromatic rings. The van der Waals surface area contributed by atoms with Crippen LogP contribution >= 0.6 is 11.3 Å². The summed E-state index contributed by atoms with van der Waals surface area (Å²) in [5.41, 5.74) is 6.79. The lowest BCUT2D eigenvalue weighted by molar-refractivity contribution is 0.526. The minimum absolute atomic E-state index is 0.287. The lowest BCUT2D eigenvalue weighted by Crippen LogP contribution is -1.83. The number of thiophene rings is 1. The number of furan rings is 1. The van der Waals surface area contributed by atoms with Crippen LogP contribution in [0.15, 0.2) is 32.6 Å². The first-order valence-electron chi connectivity index (χ1n) is 4.47. The van der Waals surface area contributed by atoms with E-state index >= 15 is 0 Å². The molecule has 76 valence electrons. The van der Waals surface area contributed by atoms with Crippen molar-refractivity contribution in [1.82, 2.24) is 4.98 Å². The molecule has 0 aliphatic heterocycles. The Hall–Kier alpha value is -1.75. The molecular formula is C10H8N2O2S. The lowest BCUT2D eigenvalue weighted by Gasteiger charge is -1.89. The Labute approximate surface area is 89.3 Å². The van der Waals surface area contributed by atoms with Gasteiger partial charge >= 0.3 is 0 Å². The van der Waals surface area contributed by atoms with Crippen molar-refractivity contribution in [3.05, 3.63) is 34.5 Å². The van der Waals surface area contributed by atoms with Crippen LogP contribution in [0.25, 0.3) is 11.1 Å². The van der Waals surface area contributed by atoms with Crippen molar-refractivity contribution >= 4 is 28.3 Å². The molecule has 0 bridgehead atoms. The van der Waals surface area contributed by atoms with E-state index in [1.165, 1.54) is 11.1 Å². The van der Waals surface area contributed by atoms with Crippen molar-refractivity contribution in [2.45, 2.75) is 6.42 Å². The van der Waals surface area contributed by atoms with Crippen LogP contribution in [-0.4, -0.2) is 4.98 Å². The molecule has 0 atom stereocenters. The van der Waals surface area contributed by atoms with E-state index in [1.54, 1.807) is 11.3 Å². The van der Waals surface area contributed by atoms with Gasteiger partial charge in [-0.15, -0.1) is 11.3 Å². The van der Waals surface area contributed by atoms with Gasteiger partial charge in [0.05, 0.1) is 6.42 Å². The first kappa shape index (κ1) is 8.55. The molecule has 3 rings (SSSR count). The molecule has 0 saturated heterocycles. The van der Waals surface area contributed by atoms with Gasteiger partial charge in [-0.3, -0.25) is 0 Å². The van der Waals surface area contributed by atoms with Gasteiger partial charge in [-0.1, -0.05) is 6.07 Å². The Morgan fingerprint density at radius 2 is 2.40 bits per heavy atom. The number of aromatic nitrogens is 1. The van der Waals surface area contributed by atoms with Crippen LogP contribution in [0.1, 0.15) is 10.8 Å². The highest BCUT2D eigenvalue weighted by atomic mass is 32.1. The van der Waals surface area contributed by atoms with Gasteiger partial charge < -0.3 is 14.6 Å². The molecule has 0 aromatic carbocycles. The van der Waals surface area contributed by atoms with Crippen LogP contribution in [-0.2, 0) is 6.42 Å². The summed E-state index contributed by atoms with van der Waals surface area (Å²) in [6, 6.07) is 4.06. The standard InChI is InChI=1S/C10H8N2O2S/c11-10-9-7(5-13-10)12-8(14-9)4-6-2-1-3-15-6/h1-3,5H,4,11H2. The topological polar surface area (TPSA) is 65.2 Å². The molecule has 3 heterocycles. The summed E-state index contributed by atoms with van der Waals surface area (Å²) in [6.07, 6.45) is 2.21. The highest BCUT2D eigenvalue weighted by Crippen LogP contribution is 2.25. The van der Waals surface area contributed by atoms with Gasteiger partial charge in [0, 0.05) is 4.88 Å². The van der Waals surface area contributed by atoms with Crippen molar-refractivity contribution in [2.75, 3.05) is 5.73 Å². The summed E-state index contributed by atoms with van der Waals surface area (Å²) in [5.74, 6) is 0.958. The number of rotatable bonds is 2. The number of hydrogen-bond donors (Lipinski definition) is 1. The number of nitrogens with zero attached hydrogens (tertiary/aromatic N) is 1. The maximum atomic E-state index is 5.57. The fraction of sp³-hybridized carbons (Fsp3) is 0.100. The van der Waals surface area contributed by atoms with Crippen molar-refractivity contribution in [1.29, 1.82) is 0 Å². The normalized spacial score (nSPS) is 11.2. The van der Waals surface area contributed by atoms with Gasteiger partial charge in [0.25, 0.3) is 0 Å². The van der Waals surface area contributed by atoms with Crippen LogP contribution in [0, 0.1) is 0 Å². The van der Waals surface area contributed by atoms with Gasteiger partial charge in [0.1, 0.15) is 6.26 Å². The second-order valence-corrected chi connectivity index (χ2v) is 4.21. The summed E-state index contributed by atoms with van der Waals surface area (Å²) < 4.78 is 10.5. The highest BCUT2D eigenvalue weighted by molar-refractivity contribution is 7.09. The van der Waals surface area contributed by atoms with Crippen LogP contribution in [0.4, 0.5) is 5.88 Å². The number of nitrogens with two attached hydrogens (primary N) is 1. The fourth-order valence-electron chi connectivity index (χ4n) is 1.45. The summed E-state index contributed by atoms with van der Waals surface area (Å²) in [7, 11) is 0. The second-order valence-electron chi connectivity index (χ2n) is 3.18. The van der Waals surface area contributed by atoms with E-state index in [2.05, 4.69) is 4.98 Å². The number of anilines is 1. The number of nitrogen functional groups attached to an aromatic ring is 1. The van der Waals surface area contributed by atoms with E-state index in [4.69, 9.17) is 14.6 Å². The zero-order chi connectivity index (χ0) is 10.3. The molecule has 0 amide bonds. The third-order valence-electron chi connectivity index (χ3n) is 2.12. The average molecular weight is 220 g/mol. The van der Waals surface area contributed by atoms with Crippen LogP contribution in [0.5, 0.6) is 0 Å². The zero-order valence-electron chi connectivity index (χ0n) is 7.77. The zero-order valence-corrected chi connectivity index (χ0v) is 8.58. The third kappa shape index (κ3) is 1.41. The number of oxazole rings is 1. The Morgan fingerprint density at radius 1 is 1.47 bits per heavy atom. The van der Waals surface area contributed by atoms with Gasteiger partial charge in [0.2, 0.25) is 17.4 Å². The first-order chi connectivity index (χ1) is 7.33. The summed E-state index contributed by atoms with van der Waals surface area (Å²) in [5, 5.41) is 2.03. The van der Waals surface area contributed by atoms with E-state index < -0.39 is 0 Å². The molecule has 0 spiro atoms. The predicted octanol–water partition coefficient (Wildman–Crippen LogP) is 2.66. The maximum absolute atomic E-state index is 5.57. The fourth-order valence-corrected chi connectivity index (χ4v) is 2.14. The Kier molecular flexibility index (Phi) is 1.78. The van der Waals surface area contributed by atoms with Crippen LogP contribution in [0.3, 0.4) is 0 Å². The first-order valence-corrected chi connectivity index (χ1v) is 5.35. The predicted molar refractivity (Wildman–Crippen MR) is 57.8 cm³/mol. The molecule has 0 radical (unpaired) electrons. The molecule has 0 aliphatic rings. The lowest BCUT2D eigenvalue weighted by atomic mass is 10.3. The molecule has 0 aliphatic carbocycles. The molecule has 2 N–H and O–H groups in total. The van der Waals surface area contributed by atoms with E-state index in [0.29, 0.717) is 23.4 Å². The third-order valence-corrected chi connectivity index (χ3v) is 3.00. The second kappa shape index (κ2) is 3.13.